The van der Waals surface area contributed by atoms with E-state index in [9.17, 15) is 5.11 Å². The molecule has 3 heteroatoms. The lowest BCUT2D eigenvalue weighted by molar-refractivity contribution is 0.172. The van der Waals surface area contributed by atoms with Crippen LogP contribution in [0.15, 0.2) is 0 Å². The highest BCUT2D eigenvalue weighted by Gasteiger charge is 2.39. The molecule has 1 N–H and O–H groups in total. The van der Waals surface area contributed by atoms with Crippen molar-refractivity contribution in [3.8, 4) is 0 Å². The fourth-order valence-corrected chi connectivity index (χ4v) is 4.40. The van der Waals surface area contributed by atoms with Crippen LogP contribution < -0.4 is 0 Å². The van der Waals surface area contributed by atoms with Crippen molar-refractivity contribution < 1.29 is 5.11 Å². The highest BCUT2D eigenvalue weighted by molar-refractivity contribution is 5.27. The van der Waals surface area contributed by atoms with Crippen molar-refractivity contribution in [1.82, 2.24) is 9.78 Å². The molecule has 19 heavy (non-hydrogen) atoms. The number of aliphatic hydroxyl groups is 1. The van der Waals surface area contributed by atoms with Gasteiger partial charge in [0, 0.05) is 17.8 Å². The largest absolute Gasteiger partial charge is 0.388 e. The van der Waals surface area contributed by atoms with E-state index in [-0.39, 0.29) is 6.10 Å². The summed E-state index contributed by atoms with van der Waals surface area (Å²) in [6, 6.07) is 0. The smallest absolute Gasteiger partial charge is 0.0823 e. The normalized spacial score (nSPS) is 31.1. The molecule has 0 spiro atoms. The second-order valence-corrected chi connectivity index (χ2v) is 6.63. The Bertz CT molecular complexity index is 466. The third-order valence-corrected chi connectivity index (χ3v) is 5.45. The zero-order valence-electron chi connectivity index (χ0n) is 12.4. The van der Waals surface area contributed by atoms with E-state index in [1.807, 2.05) is 13.8 Å². The fraction of sp³-hybridized carbons (Fsp3) is 0.812. The van der Waals surface area contributed by atoms with Crippen molar-refractivity contribution in [2.45, 2.75) is 65.5 Å². The molecule has 0 saturated heterocycles. The summed E-state index contributed by atoms with van der Waals surface area (Å²) >= 11 is 0. The van der Waals surface area contributed by atoms with Crippen molar-refractivity contribution in [1.29, 1.82) is 0 Å². The highest BCUT2D eigenvalue weighted by atomic mass is 16.3. The predicted molar refractivity (Wildman–Crippen MR) is 75.9 cm³/mol. The van der Waals surface area contributed by atoms with Crippen molar-refractivity contribution in [3.05, 3.63) is 17.0 Å². The number of rotatable bonds is 4. The average molecular weight is 262 g/mol. The van der Waals surface area contributed by atoms with Gasteiger partial charge in [-0.25, -0.2) is 0 Å². The molecule has 4 atom stereocenters. The molecule has 1 aromatic rings. The quantitative estimate of drug-likeness (QED) is 0.903. The van der Waals surface area contributed by atoms with Gasteiger partial charge in [-0.05, 0) is 57.3 Å². The van der Waals surface area contributed by atoms with E-state index in [1.165, 1.54) is 31.4 Å². The molecule has 2 aliphatic rings. The minimum Gasteiger partial charge on any atom is -0.388 e. The fourth-order valence-electron chi connectivity index (χ4n) is 4.40. The first-order chi connectivity index (χ1) is 9.10. The summed E-state index contributed by atoms with van der Waals surface area (Å²) in [5.41, 5.74) is 3.25. The summed E-state index contributed by atoms with van der Waals surface area (Å²) in [4.78, 5) is 0. The molecule has 3 rings (SSSR count). The Balaban J connectivity index is 1.78. The van der Waals surface area contributed by atoms with E-state index < -0.39 is 0 Å². The van der Waals surface area contributed by atoms with Crippen molar-refractivity contribution in [2.24, 2.45) is 17.8 Å². The monoisotopic (exact) mass is 262 g/mol. The number of aromatic nitrogens is 2. The lowest BCUT2D eigenvalue weighted by Gasteiger charge is -2.22. The van der Waals surface area contributed by atoms with Crippen LogP contribution in [0.1, 0.15) is 62.1 Å². The molecule has 2 aliphatic carbocycles. The summed E-state index contributed by atoms with van der Waals surface area (Å²) in [5.74, 6) is 2.75. The maximum atomic E-state index is 10.1. The molecule has 0 amide bonds. The molecule has 1 heterocycles. The molecule has 0 aliphatic heterocycles. The number of hydrogen-bond donors (Lipinski definition) is 1. The van der Waals surface area contributed by atoms with Crippen molar-refractivity contribution in [3.63, 3.8) is 0 Å². The van der Waals surface area contributed by atoms with E-state index in [4.69, 9.17) is 0 Å². The second-order valence-electron chi connectivity index (χ2n) is 6.63. The van der Waals surface area contributed by atoms with Gasteiger partial charge >= 0.3 is 0 Å². The van der Waals surface area contributed by atoms with Crippen LogP contribution in [0.4, 0.5) is 0 Å². The Hall–Kier alpha value is -0.830. The number of hydrogen-bond acceptors (Lipinski definition) is 2. The van der Waals surface area contributed by atoms with Gasteiger partial charge in [0.1, 0.15) is 0 Å². The van der Waals surface area contributed by atoms with E-state index in [2.05, 4.69) is 16.7 Å². The molecular formula is C16H26N2O. The molecule has 0 aromatic carbocycles. The number of fused-ring (bicyclic) bond motifs is 2. The Kier molecular flexibility index (Phi) is 3.42. The average Bonchev–Trinajstić information content (AvgIpc) is 3.05. The summed E-state index contributed by atoms with van der Waals surface area (Å²) in [7, 11) is 0. The number of nitrogens with zero attached hydrogens (tertiary/aromatic N) is 2. The third kappa shape index (κ3) is 2.22. The molecule has 1 aromatic heterocycles. The van der Waals surface area contributed by atoms with Gasteiger partial charge in [-0.15, -0.1) is 0 Å². The molecule has 3 nitrogen and oxygen atoms in total. The van der Waals surface area contributed by atoms with Crippen LogP contribution in [0, 0.1) is 31.6 Å². The third-order valence-electron chi connectivity index (χ3n) is 5.45. The van der Waals surface area contributed by atoms with Gasteiger partial charge in [-0.3, -0.25) is 4.68 Å². The molecule has 2 saturated carbocycles. The van der Waals surface area contributed by atoms with Crippen LogP contribution in [0.3, 0.4) is 0 Å². The van der Waals surface area contributed by atoms with Crippen molar-refractivity contribution >= 4 is 0 Å². The zero-order chi connectivity index (χ0) is 13.6. The Morgan fingerprint density at radius 3 is 2.68 bits per heavy atom. The molecule has 4 unspecified atom stereocenters. The molecule has 2 bridgehead atoms. The number of aliphatic hydroxyl groups excluding tert-OH is 1. The first-order valence-corrected chi connectivity index (χ1v) is 7.82. The highest BCUT2D eigenvalue weighted by Crippen LogP contribution is 2.48. The second kappa shape index (κ2) is 4.93. The van der Waals surface area contributed by atoms with Crippen LogP contribution in [-0.4, -0.2) is 14.9 Å². The van der Waals surface area contributed by atoms with E-state index in [0.717, 1.165) is 42.0 Å². The van der Waals surface area contributed by atoms with Crippen LogP contribution in [-0.2, 0) is 6.54 Å². The van der Waals surface area contributed by atoms with Crippen LogP contribution in [0.5, 0.6) is 0 Å². The maximum absolute atomic E-state index is 10.1. The van der Waals surface area contributed by atoms with Gasteiger partial charge < -0.3 is 5.11 Å². The van der Waals surface area contributed by atoms with Gasteiger partial charge in [-0.2, -0.15) is 5.10 Å². The minimum absolute atomic E-state index is 0.353. The first kappa shape index (κ1) is 13.2. The Morgan fingerprint density at radius 1 is 1.32 bits per heavy atom. The SMILES string of the molecule is CCC(O)c1c(C)nn(CC2CC3CCC2C3)c1C. The van der Waals surface area contributed by atoms with Gasteiger partial charge in [0.05, 0.1) is 11.8 Å². The summed E-state index contributed by atoms with van der Waals surface area (Å²) < 4.78 is 2.16. The van der Waals surface area contributed by atoms with Crippen LogP contribution in [0.25, 0.3) is 0 Å². The summed E-state index contributed by atoms with van der Waals surface area (Å²) in [6.07, 6.45) is 6.15. The summed E-state index contributed by atoms with van der Waals surface area (Å²) in [6.45, 7) is 7.22. The topological polar surface area (TPSA) is 38.1 Å². The first-order valence-electron chi connectivity index (χ1n) is 7.82. The number of aryl methyl sites for hydroxylation is 1. The van der Waals surface area contributed by atoms with E-state index >= 15 is 0 Å². The molecule has 0 radical (unpaired) electrons. The van der Waals surface area contributed by atoms with Crippen molar-refractivity contribution in [2.75, 3.05) is 0 Å². The lowest BCUT2D eigenvalue weighted by atomic mass is 9.89. The predicted octanol–water partition coefficient (Wildman–Crippen LogP) is 3.38. The van der Waals surface area contributed by atoms with Gasteiger partial charge in [0.25, 0.3) is 0 Å². The molecule has 106 valence electrons. The Morgan fingerprint density at radius 2 is 2.11 bits per heavy atom. The lowest BCUT2D eigenvalue weighted by Crippen LogP contribution is -2.19. The maximum Gasteiger partial charge on any atom is 0.0823 e. The van der Waals surface area contributed by atoms with Gasteiger partial charge in [0.15, 0.2) is 0 Å². The van der Waals surface area contributed by atoms with Gasteiger partial charge in [0.2, 0.25) is 0 Å². The van der Waals surface area contributed by atoms with Crippen LogP contribution >= 0.6 is 0 Å². The summed E-state index contributed by atoms with van der Waals surface area (Å²) in [5, 5.41) is 14.8. The molecule has 2 fully saturated rings. The standard InChI is InChI=1S/C16H26N2O/c1-4-15(19)16-10(2)17-18(11(16)3)9-14-8-12-5-6-13(14)7-12/h12-15,19H,4-9H2,1-3H3. The van der Waals surface area contributed by atoms with E-state index in [0.29, 0.717) is 0 Å². The minimum atomic E-state index is -0.353. The van der Waals surface area contributed by atoms with Gasteiger partial charge in [-0.1, -0.05) is 13.3 Å². The molecular weight excluding hydrogens is 236 g/mol. The van der Waals surface area contributed by atoms with E-state index in [1.54, 1.807) is 0 Å². The zero-order valence-corrected chi connectivity index (χ0v) is 12.4. The Labute approximate surface area is 116 Å². The van der Waals surface area contributed by atoms with Crippen LogP contribution in [0.2, 0.25) is 0 Å².